The number of nitrogens with zero attached hydrogens (tertiary/aromatic N) is 1. The first kappa shape index (κ1) is 18.4. The molecule has 0 spiro atoms. The lowest BCUT2D eigenvalue weighted by atomic mass is 10.1. The lowest BCUT2D eigenvalue weighted by Crippen LogP contribution is -2.29. The normalized spacial score (nSPS) is 16.8. The maximum Gasteiger partial charge on any atom is 0.238 e. The quantitative estimate of drug-likeness (QED) is 0.837. The molecule has 1 N–H and O–H groups in total. The van der Waals surface area contributed by atoms with Gasteiger partial charge in [0, 0.05) is 23.7 Å². The van der Waals surface area contributed by atoms with Crippen LogP contribution in [-0.4, -0.2) is 17.6 Å². The maximum absolute atomic E-state index is 14.3. The molecule has 2 aromatic carbocycles. The van der Waals surface area contributed by atoms with Crippen LogP contribution in [0.15, 0.2) is 42.5 Å². The molecular weight excluding hydrogens is 358 g/mol. The molecule has 1 aliphatic heterocycles. The van der Waals surface area contributed by atoms with Gasteiger partial charge in [-0.05, 0) is 24.6 Å². The highest BCUT2D eigenvalue weighted by atomic mass is 32.2. The van der Waals surface area contributed by atoms with Crippen LogP contribution in [0.5, 0.6) is 0 Å². The van der Waals surface area contributed by atoms with Crippen LogP contribution >= 0.6 is 11.8 Å². The molecule has 1 heterocycles. The van der Waals surface area contributed by atoms with E-state index in [0.717, 1.165) is 18.6 Å². The number of carbonyl (C=O) groups is 2. The Labute approximate surface area is 154 Å². The summed E-state index contributed by atoms with van der Waals surface area (Å²) < 4.78 is 27.5. The van der Waals surface area contributed by atoms with Gasteiger partial charge >= 0.3 is 0 Å². The number of nitrogens with one attached hydrogen (secondary N) is 1. The summed E-state index contributed by atoms with van der Waals surface area (Å²) in [4.78, 5) is 25.7. The van der Waals surface area contributed by atoms with Crippen molar-refractivity contribution in [1.82, 2.24) is 0 Å². The summed E-state index contributed by atoms with van der Waals surface area (Å²) in [7, 11) is 0. The second-order valence-electron chi connectivity index (χ2n) is 5.91. The van der Waals surface area contributed by atoms with Gasteiger partial charge in [0.15, 0.2) is 0 Å². The van der Waals surface area contributed by atoms with E-state index in [1.807, 2.05) is 6.92 Å². The van der Waals surface area contributed by atoms with Crippen LogP contribution in [0.4, 0.5) is 20.2 Å². The molecule has 0 unspecified atom stereocenters. The summed E-state index contributed by atoms with van der Waals surface area (Å²) in [5.41, 5.74) is 1.32. The zero-order valence-electron chi connectivity index (χ0n) is 14.2. The van der Waals surface area contributed by atoms with Gasteiger partial charge in [0.1, 0.15) is 17.0 Å². The molecule has 3 rings (SSSR count). The average molecular weight is 376 g/mol. The molecule has 1 saturated heterocycles. The number of halogens is 2. The predicted octanol–water partition coefficient (Wildman–Crippen LogP) is 4.48. The molecule has 1 fully saturated rings. The largest absolute Gasteiger partial charge is 0.326 e. The van der Waals surface area contributed by atoms with E-state index in [0.29, 0.717) is 17.7 Å². The van der Waals surface area contributed by atoms with Crippen LogP contribution in [-0.2, 0) is 9.59 Å². The second kappa shape index (κ2) is 7.86. The molecule has 7 heteroatoms. The van der Waals surface area contributed by atoms with Gasteiger partial charge in [-0.15, -0.1) is 11.8 Å². The third kappa shape index (κ3) is 3.72. The van der Waals surface area contributed by atoms with Crippen molar-refractivity contribution in [3.63, 3.8) is 0 Å². The number of thioether (sulfide) groups is 1. The van der Waals surface area contributed by atoms with Crippen molar-refractivity contribution in [2.45, 2.75) is 25.1 Å². The van der Waals surface area contributed by atoms with Crippen molar-refractivity contribution in [2.24, 2.45) is 0 Å². The third-order valence-corrected chi connectivity index (χ3v) is 5.21. The van der Waals surface area contributed by atoms with Gasteiger partial charge in [-0.3, -0.25) is 14.5 Å². The number of hydrogen-bond donors (Lipinski definition) is 1. The molecule has 2 amide bonds. The Hall–Kier alpha value is -2.41. The molecule has 0 aromatic heterocycles. The van der Waals surface area contributed by atoms with E-state index in [-0.39, 0.29) is 23.3 Å². The monoisotopic (exact) mass is 376 g/mol. The smallest absolute Gasteiger partial charge is 0.238 e. The number of carbonyl (C=O) groups excluding carboxylic acids is 2. The van der Waals surface area contributed by atoms with E-state index in [4.69, 9.17) is 0 Å². The SMILES string of the molecule is CCCC(=O)Nc1ccccc1[C@@H]1SCC(=O)N1c1ccc(F)cc1F. The molecule has 4 nitrogen and oxygen atoms in total. The van der Waals surface area contributed by atoms with Crippen molar-refractivity contribution in [1.29, 1.82) is 0 Å². The first-order chi connectivity index (χ1) is 12.5. The first-order valence-electron chi connectivity index (χ1n) is 8.28. The highest BCUT2D eigenvalue weighted by Gasteiger charge is 2.36. The number of rotatable bonds is 5. The Kier molecular flexibility index (Phi) is 5.56. The second-order valence-corrected chi connectivity index (χ2v) is 6.98. The Morgan fingerprint density at radius 2 is 2.04 bits per heavy atom. The number of para-hydroxylation sites is 1. The van der Waals surface area contributed by atoms with Gasteiger partial charge in [0.25, 0.3) is 0 Å². The fourth-order valence-electron chi connectivity index (χ4n) is 2.86. The van der Waals surface area contributed by atoms with E-state index < -0.39 is 17.0 Å². The van der Waals surface area contributed by atoms with E-state index in [1.54, 1.807) is 24.3 Å². The molecule has 0 saturated carbocycles. The summed E-state index contributed by atoms with van der Waals surface area (Å²) >= 11 is 1.34. The number of anilines is 2. The van der Waals surface area contributed by atoms with Crippen LogP contribution in [0.3, 0.4) is 0 Å². The molecule has 0 bridgehead atoms. The van der Waals surface area contributed by atoms with Gasteiger partial charge in [-0.2, -0.15) is 0 Å². The van der Waals surface area contributed by atoms with Gasteiger partial charge in [-0.25, -0.2) is 8.78 Å². The van der Waals surface area contributed by atoms with Crippen molar-refractivity contribution >= 4 is 35.0 Å². The van der Waals surface area contributed by atoms with Crippen molar-refractivity contribution in [2.75, 3.05) is 16.0 Å². The van der Waals surface area contributed by atoms with Crippen molar-refractivity contribution < 1.29 is 18.4 Å². The third-order valence-electron chi connectivity index (χ3n) is 4.02. The molecule has 1 aliphatic rings. The molecule has 2 aromatic rings. The maximum atomic E-state index is 14.3. The molecule has 0 aliphatic carbocycles. The lowest BCUT2D eigenvalue weighted by Gasteiger charge is -2.26. The molecule has 1 atom stereocenters. The highest BCUT2D eigenvalue weighted by Crippen LogP contribution is 2.44. The van der Waals surface area contributed by atoms with Gasteiger partial charge in [0.05, 0.1) is 11.4 Å². The predicted molar refractivity (Wildman–Crippen MR) is 99.0 cm³/mol. The van der Waals surface area contributed by atoms with Crippen LogP contribution in [0.1, 0.15) is 30.7 Å². The summed E-state index contributed by atoms with van der Waals surface area (Å²) in [5.74, 6) is -1.69. The highest BCUT2D eigenvalue weighted by molar-refractivity contribution is 8.00. The average Bonchev–Trinajstić information content (AvgIpc) is 2.97. The van der Waals surface area contributed by atoms with Crippen LogP contribution < -0.4 is 10.2 Å². The fourth-order valence-corrected chi connectivity index (χ4v) is 4.06. The van der Waals surface area contributed by atoms with E-state index >= 15 is 0 Å². The minimum absolute atomic E-state index is 0.0288. The fraction of sp³-hybridized carbons (Fsp3) is 0.263. The topological polar surface area (TPSA) is 49.4 Å². The zero-order valence-corrected chi connectivity index (χ0v) is 15.0. The lowest BCUT2D eigenvalue weighted by molar-refractivity contribution is -0.116. The summed E-state index contributed by atoms with van der Waals surface area (Å²) in [6.07, 6.45) is 1.11. The molecule has 0 radical (unpaired) electrons. The molecule has 136 valence electrons. The van der Waals surface area contributed by atoms with E-state index in [1.165, 1.54) is 22.7 Å². The number of amides is 2. The van der Waals surface area contributed by atoms with Crippen LogP contribution in [0.25, 0.3) is 0 Å². The van der Waals surface area contributed by atoms with E-state index in [9.17, 15) is 18.4 Å². The number of hydrogen-bond acceptors (Lipinski definition) is 3. The first-order valence-corrected chi connectivity index (χ1v) is 9.33. The summed E-state index contributed by atoms with van der Waals surface area (Å²) in [5, 5.41) is 2.36. The summed E-state index contributed by atoms with van der Waals surface area (Å²) in [6.45, 7) is 1.91. The van der Waals surface area contributed by atoms with Crippen LogP contribution in [0.2, 0.25) is 0 Å². The molecule has 26 heavy (non-hydrogen) atoms. The standard InChI is InChI=1S/C19H18F2N2O2S/c1-2-5-17(24)22-15-7-4-3-6-13(15)19-23(18(25)11-26-19)16-9-8-12(20)10-14(16)21/h3-4,6-10,19H,2,5,11H2,1H3,(H,22,24)/t19-/m0/s1. The molecular formula is C19H18F2N2O2S. The Balaban J connectivity index is 1.97. The Morgan fingerprint density at radius 3 is 2.77 bits per heavy atom. The summed E-state index contributed by atoms with van der Waals surface area (Å²) in [6, 6.07) is 10.3. The van der Waals surface area contributed by atoms with Gasteiger partial charge < -0.3 is 5.32 Å². The van der Waals surface area contributed by atoms with Gasteiger partial charge in [0.2, 0.25) is 11.8 Å². The van der Waals surface area contributed by atoms with Crippen molar-refractivity contribution in [3.05, 3.63) is 59.7 Å². The Bertz CT molecular complexity index is 844. The zero-order chi connectivity index (χ0) is 18.7. The van der Waals surface area contributed by atoms with E-state index in [2.05, 4.69) is 5.32 Å². The number of benzene rings is 2. The van der Waals surface area contributed by atoms with Crippen LogP contribution in [0, 0.1) is 11.6 Å². The minimum atomic E-state index is -0.793. The van der Waals surface area contributed by atoms with Crippen molar-refractivity contribution in [3.8, 4) is 0 Å². The minimum Gasteiger partial charge on any atom is -0.326 e. The van der Waals surface area contributed by atoms with Gasteiger partial charge in [-0.1, -0.05) is 25.1 Å². The Morgan fingerprint density at radius 1 is 1.27 bits per heavy atom.